The SMILES string of the molecule is CC(Oc1cc(Cl)c(Cl)cc1N)c1ccccc1. The Bertz CT molecular complexity index is 543. The van der Waals surface area contributed by atoms with Gasteiger partial charge < -0.3 is 10.5 Å². The zero-order valence-corrected chi connectivity index (χ0v) is 11.4. The summed E-state index contributed by atoms with van der Waals surface area (Å²) < 4.78 is 5.80. The van der Waals surface area contributed by atoms with E-state index in [0.717, 1.165) is 5.56 Å². The topological polar surface area (TPSA) is 35.2 Å². The Morgan fingerprint density at radius 2 is 1.67 bits per heavy atom. The normalized spacial score (nSPS) is 12.2. The molecule has 0 saturated heterocycles. The first-order valence-electron chi connectivity index (χ1n) is 5.54. The van der Waals surface area contributed by atoms with Crippen LogP contribution >= 0.6 is 23.2 Å². The summed E-state index contributed by atoms with van der Waals surface area (Å²) in [5, 5.41) is 0.856. The maximum absolute atomic E-state index is 5.95. The highest BCUT2D eigenvalue weighted by atomic mass is 35.5. The summed E-state index contributed by atoms with van der Waals surface area (Å²) in [6, 6.07) is 13.1. The molecule has 0 aliphatic rings. The molecule has 94 valence electrons. The van der Waals surface area contributed by atoms with Crippen LogP contribution in [0.4, 0.5) is 5.69 Å². The van der Waals surface area contributed by atoms with Crippen molar-refractivity contribution in [3.05, 3.63) is 58.1 Å². The van der Waals surface area contributed by atoms with E-state index in [4.69, 9.17) is 33.7 Å². The molecule has 2 nitrogen and oxygen atoms in total. The molecule has 0 fully saturated rings. The summed E-state index contributed by atoms with van der Waals surface area (Å²) in [4.78, 5) is 0. The highest BCUT2D eigenvalue weighted by molar-refractivity contribution is 6.42. The predicted molar refractivity (Wildman–Crippen MR) is 76.4 cm³/mol. The average molecular weight is 282 g/mol. The van der Waals surface area contributed by atoms with Crippen LogP contribution in [0.1, 0.15) is 18.6 Å². The molecule has 2 rings (SSSR count). The number of hydrogen-bond acceptors (Lipinski definition) is 2. The number of nitrogen functional groups attached to an aromatic ring is 1. The highest BCUT2D eigenvalue weighted by Gasteiger charge is 2.11. The number of rotatable bonds is 3. The van der Waals surface area contributed by atoms with Gasteiger partial charge in [0.1, 0.15) is 11.9 Å². The monoisotopic (exact) mass is 281 g/mol. The molecule has 0 spiro atoms. The molecule has 0 aromatic heterocycles. The van der Waals surface area contributed by atoms with Crippen molar-refractivity contribution in [3.8, 4) is 5.75 Å². The first-order chi connectivity index (χ1) is 8.58. The van der Waals surface area contributed by atoms with Crippen LogP contribution < -0.4 is 10.5 Å². The van der Waals surface area contributed by atoms with Crippen LogP contribution in [0.15, 0.2) is 42.5 Å². The van der Waals surface area contributed by atoms with Crippen molar-refractivity contribution in [3.63, 3.8) is 0 Å². The number of ether oxygens (including phenoxy) is 1. The molecule has 2 aromatic carbocycles. The maximum atomic E-state index is 5.95. The van der Waals surface area contributed by atoms with Crippen molar-refractivity contribution in [2.45, 2.75) is 13.0 Å². The van der Waals surface area contributed by atoms with Crippen molar-refractivity contribution in [2.24, 2.45) is 0 Å². The molecule has 4 heteroatoms. The Kier molecular flexibility index (Phi) is 4.00. The number of benzene rings is 2. The lowest BCUT2D eigenvalue weighted by Crippen LogP contribution is -2.04. The van der Waals surface area contributed by atoms with Gasteiger partial charge in [-0.15, -0.1) is 0 Å². The van der Waals surface area contributed by atoms with Gasteiger partial charge in [-0.05, 0) is 18.6 Å². The van der Waals surface area contributed by atoms with Crippen LogP contribution in [-0.2, 0) is 0 Å². The lowest BCUT2D eigenvalue weighted by molar-refractivity contribution is 0.228. The van der Waals surface area contributed by atoms with Gasteiger partial charge >= 0.3 is 0 Å². The first-order valence-corrected chi connectivity index (χ1v) is 6.29. The molecule has 0 amide bonds. The molecule has 0 bridgehead atoms. The third-order valence-corrected chi connectivity index (χ3v) is 3.35. The van der Waals surface area contributed by atoms with E-state index in [9.17, 15) is 0 Å². The Hall–Kier alpha value is -1.38. The van der Waals surface area contributed by atoms with E-state index in [1.165, 1.54) is 0 Å². The second-order valence-electron chi connectivity index (χ2n) is 3.97. The number of halogens is 2. The molecule has 0 heterocycles. The van der Waals surface area contributed by atoms with Gasteiger partial charge in [-0.3, -0.25) is 0 Å². The van der Waals surface area contributed by atoms with Crippen LogP contribution in [0.3, 0.4) is 0 Å². The van der Waals surface area contributed by atoms with Gasteiger partial charge in [0.15, 0.2) is 0 Å². The molecular formula is C14H13Cl2NO. The van der Waals surface area contributed by atoms with E-state index in [1.54, 1.807) is 12.1 Å². The number of anilines is 1. The van der Waals surface area contributed by atoms with E-state index in [1.807, 2.05) is 37.3 Å². The highest BCUT2D eigenvalue weighted by Crippen LogP contribution is 2.34. The molecular weight excluding hydrogens is 269 g/mol. The zero-order chi connectivity index (χ0) is 13.1. The molecule has 1 unspecified atom stereocenters. The second kappa shape index (κ2) is 5.51. The standard InChI is InChI=1S/C14H13Cl2NO/c1-9(10-5-3-2-4-6-10)18-14-8-12(16)11(15)7-13(14)17/h2-9H,17H2,1H3. The van der Waals surface area contributed by atoms with Crippen molar-refractivity contribution < 1.29 is 4.74 Å². The number of hydrogen-bond donors (Lipinski definition) is 1. The summed E-state index contributed by atoms with van der Waals surface area (Å²) in [5.74, 6) is 0.542. The van der Waals surface area contributed by atoms with Gasteiger partial charge in [0.05, 0.1) is 15.7 Å². The average Bonchev–Trinajstić information content (AvgIpc) is 2.37. The molecule has 2 N–H and O–H groups in total. The first kappa shape index (κ1) is 13.1. The van der Waals surface area contributed by atoms with Gasteiger partial charge in [0, 0.05) is 6.07 Å². The predicted octanol–water partition coefficient (Wildman–Crippen LogP) is 4.72. The van der Waals surface area contributed by atoms with Crippen molar-refractivity contribution >= 4 is 28.9 Å². The Labute approximate surface area is 116 Å². The van der Waals surface area contributed by atoms with Crippen molar-refractivity contribution in [2.75, 3.05) is 5.73 Å². The van der Waals surface area contributed by atoms with Gasteiger partial charge in [-0.1, -0.05) is 53.5 Å². The van der Waals surface area contributed by atoms with Crippen LogP contribution in [-0.4, -0.2) is 0 Å². The minimum absolute atomic E-state index is 0.106. The van der Waals surface area contributed by atoms with Crippen LogP contribution in [0.5, 0.6) is 5.75 Å². The minimum atomic E-state index is -0.106. The van der Waals surface area contributed by atoms with E-state index in [-0.39, 0.29) is 6.10 Å². The second-order valence-corrected chi connectivity index (χ2v) is 4.79. The zero-order valence-electron chi connectivity index (χ0n) is 9.86. The molecule has 0 aliphatic heterocycles. The summed E-state index contributed by atoms with van der Waals surface area (Å²) in [6.45, 7) is 1.96. The molecule has 18 heavy (non-hydrogen) atoms. The maximum Gasteiger partial charge on any atom is 0.144 e. The largest absolute Gasteiger partial charge is 0.484 e. The van der Waals surface area contributed by atoms with Crippen molar-refractivity contribution in [1.29, 1.82) is 0 Å². The number of nitrogens with two attached hydrogens (primary N) is 1. The van der Waals surface area contributed by atoms with Crippen LogP contribution in [0.25, 0.3) is 0 Å². The fraction of sp³-hybridized carbons (Fsp3) is 0.143. The Morgan fingerprint density at radius 1 is 1.06 bits per heavy atom. The minimum Gasteiger partial charge on any atom is -0.484 e. The molecule has 1 atom stereocenters. The summed E-state index contributed by atoms with van der Waals surface area (Å²) in [5.41, 5.74) is 7.40. The van der Waals surface area contributed by atoms with Gasteiger partial charge in [0.2, 0.25) is 0 Å². The molecule has 2 aromatic rings. The van der Waals surface area contributed by atoms with E-state index < -0.39 is 0 Å². The van der Waals surface area contributed by atoms with Crippen LogP contribution in [0, 0.1) is 0 Å². The van der Waals surface area contributed by atoms with Crippen LogP contribution in [0.2, 0.25) is 10.0 Å². The smallest absolute Gasteiger partial charge is 0.144 e. The van der Waals surface area contributed by atoms with Gasteiger partial charge in [-0.25, -0.2) is 0 Å². The Balaban J connectivity index is 2.22. The lowest BCUT2D eigenvalue weighted by Gasteiger charge is -2.17. The quantitative estimate of drug-likeness (QED) is 0.827. The van der Waals surface area contributed by atoms with E-state index >= 15 is 0 Å². The fourth-order valence-electron chi connectivity index (χ4n) is 1.63. The summed E-state index contributed by atoms with van der Waals surface area (Å²) in [7, 11) is 0. The summed E-state index contributed by atoms with van der Waals surface area (Å²) in [6.07, 6.45) is -0.106. The fourth-order valence-corrected chi connectivity index (χ4v) is 1.95. The van der Waals surface area contributed by atoms with Gasteiger partial charge in [0.25, 0.3) is 0 Å². The van der Waals surface area contributed by atoms with E-state index in [2.05, 4.69) is 0 Å². The molecule has 0 radical (unpaired) electrons. The molecule has 0 saturated carbocycles. The Morgan fingerprint density at radius 3 is 2.33 bits per heavy atom. The van der Waals surface area contributed by atoms with Gasteiger partial charge in [-0.2, -0.15) is 0 Å². The third-order valence-electron chi connectivity index (χ3n) is 2.63. The lowest BCUT2D eigenvalue weighted by atomic mass is 10.1. The summed E-state index contributed by atoms with van der Waals surface area (Å²) >= 11 is 11.8. The van der Waals surface area contributed by atoms with E-state index in [0.29, 0.717) is 21.5 Å². The third kappa shape index (κ3) is 2.89. The molecule has 0 aliphatic carbocycles. The van der Waals surface area contributed by atoms with Crippen molar-refractivity contribution in [1.82, 2.24) is 0 Å².